The number of Topliss-reactive ketones (excluding diaryl/α,β-unsaturated/α-hetero) is 1. The molecule has 0 radical (unpaired) electrons. The highest BCUT2D eigenvalue weighted by Gasteiger charge is 2.18. The minimum atomic E-state index is -4.30. The number of hydrogen-bond donors (Lipinski definition) is 2. The number of esters is 1. The molecular formula is C7H11O6P. The Kier molecular flexibility index (Phi) is 5.30. The van der Waals surface area contributed by atoms with Crippen LogP contribution in [-0.2, 0) is 18.9 Å². The summed E-state index contributed by atoms with van der Waals surface area (Å²) in [6.07, 6.45) is -0.0865. The molecule has 0 aliphatic rings. The van der Waals surface area contributed by atoms with Crippen LogP contribution in [0.5, 0.6) is 0 Å². The van der Waals surface area contributed by atoms with E-state index in [1.165, 1.54) is 0 Å². The molecule has 0 fully saturated rings. The van der Waals surface area contributed by atoms with E-state index in [2.05, 4.69) is 11.3 Å². The molecule has 2 N–H and O–H groups in total. The summed E-state index contributed by atoms with van der Waals surface area (Å²) in [7, 11) is -4.30. The molecule has 0 atom stereocenters. The molecule has 0 aliphatic carbocycles. The Labute approximate surface area is 80.7 Å². The van der Waals surface area contributed by atoms with E-state index >= 15 is 0 Å². The second-order valence-corrected chi connectivity index (χ2v) is 4.13. The van der Waals surface area contributed by atoms with Crippen molar-refractivity contribution >= 4 is 19.3 Å². The smallest absolute Gasteiger partial charge is 0.332 e. The van der Waals surface area contributed by atoms with Crippen molar-refractivity contribution in [1.82, 2.24) is 0 Å². The zero-order chi connectivity index (χ0) is 11.2. The van der Waals surface area contributed by atoms with Crippen LogP contribution in [0.3, 0.4) is 0 Å². The van der Waals surface area contributed by atoms with Crippen molar-refractivity contribution in [2.24, 2.45) is 0 Å². The SMILES string of the molecule is C=CC(=O)OCCC(=O)CP(=O)(O)O. The summed E-state index contributed by atoms with van der Waals surface area (Å²) in [4.78, 5) is 38.1. The highest BCUT2D eigenvalue weighted by molar-refractivity contribution is 7.52. The molecule has 7 heteroatoms. The average molecular weight is 222 g/mol. The number of ether oxygens (including phenoxy) is 1. The van der Waals surface area contributed by atoms with E-state index in [0.29, 0.717) is 0 Å². The molecule has 6 nitrogen and oxygen atoms in total. The minimum Gasteiger partial charge on any atom is -0.462 e. The first kappa shape index (κ1) is 13.0. The molecule has 0 aliphatic heterocycles. The number of hydrogen-bond acceptors (Lipinski definition) is 4. The zero-order valence-electron chi connectivity index (χ0n) is 7.38. The maximum atomic E-state index is 10.8. The predicted molar refractivity (Wildman–Crippen MR) is 47.7 cm³/mol. The van der Waals surface area contributed by atoms with Crippen LogP contribution < -0.4 is 0 Å². The first-order valence-corrected chi connectivity index (χ1v) is 5.50. The summed E-state index contributed by atoms with van der Waals surface area (Å²) in [5, 5.41) is 0. The van der Waals surface area contributed by atoms with Crippen molar-refractivity contribution in [3.63, 3.8) is 0 Å². The summed E-state index contributed by atoms with van der Waals surface area (Å²) in [5.41, 5.74) is 0. The fourth-order valence-electron chi connectivity index (χ4n) is 0.633. The van der Waals surface area contributed by atoms with Crippen LogP contribution in [0.2, 0.25) is 0 Å². The van der Waals surface area contributed by atoms with Crippen molar-refractivity contribution < 1.29 is 28.7 Å². The summed E-state index contributed by atoms with van der Waals surface area (Å²) < 4.78 is 14.8. The molecule has 0 saturated carbocycles. The van der Waals surface area contributed by atoms with E-state index in [1.807, 2.05) is 0 Å². The van der Waals surface area contributed by atoms with Gasteiger partial charge in [0.15, 0.2) is 0 Å². The maximum Gasteiger partial charge on any atom is 0.332 e. The van der Waals surface area contributed by atoms with Gasteiger partial charge in [-0.05, 0) is 0 Å². The molecule has 0 bridgehead atoms. The molecule has 0 heterocycles. The van der Waals surface area contributed by atoms with Gasteiger partial charge in [-0.1, -0.05) is 6.58 Å². The lowest BCUT2D eigenvalue weighted by molar-refractivity contribution is -0.138. The van der Waals surface area contributed by atoms with Gasteiger partial charge in [-0.2, -0.15) is 0 Å². The molecule has 80 valence electrons. The van der Waals surface area contributed by atoms with Crippen LogP contribution in [-0.4, -0.2) is 34.3 Å². The minimum absolute atomic E-state index is 0.191. The molecule has 0 unspecified atom stereocenters. The number of carbonyl (C=O) groups excluding carboxylic acids is 2. The molecule has 0 aromatic carbocycles. The van der Waals surface area contributed by atoms with Crippen molar-refractivity contribution in [3.05, 3.63) is 12.7 Å². The van der Waals surface area contributed by atoms with Crippen LogP contribution in [0.1, 0.15) is 6.42 Å². The van der Waals surface area contributed by atoms with E-state index in [0.717, 1.165) is 6.08 Å². The first-order valence-electron chi connectivity index (χ1n) is 3.70. The van der Waals surface area contributed by atoms with E-state index in [4.69, 9.17) is 9.79 Å². The Morgan fingerprint density at radius 2 is 2.00 bits per heavy atom. The Hall–Kier alpha value is -0.970. The summed E-state index contributed by atoms with van der Waals surface area (Å²) in [6, 6.07) is 0. The highest BCUT2D eigenvalue weighted by Crippen LogP contribution is 2.34. The van der Waals surface area contributed by atoms with Gasteiger partial charge in [-0.15, -0.1) is 0 Å². The molecule has 0 amide bonds. The van der Waals surface area contributed by atoms with Crippen molar-refractivity contribution in [3.8, 4) is 0 Å². The lowest BCUT2D eigenvalue weighted by Gasteiger charge is -2.03. The normalized spacial score (nSPS) is 10.7. The van der Waals surface area contributed by atoms with Gasteiger partial charge in [0.25, 0.3) is 0 Å². The van der Waals surface area contributed by atoms with E-state index in [9.17, 15) is 14.2 Å². The quantitative estimate of drug-likeness (QED) is 0.368. The number of carbonyl (C=O) groups is 2. The van der Waals surface area contributed by atoms with Crippen LogP contribution in [0.4, 0.5) is 0 Å². The first-order chi connectivity index (χ1) is 6.35. The molecule has 0 aromatic heterocycles. The molecule has 0 rings (SSSR count). The molecule has 0 saturated heterocycles. The number of ketones is 1. The third-order valence-electron chi connectivity index (χ3n) is 1.17. The Bertz CT molecular complexity index is 278. The second-order valence-electron chi connectivity index (χ2n) is 2.48. The summed E-state index contributed by atoms with van der Waals surface area (Å²) in [6.45, 7) is 2.94. The van der Waals surface area contributed by atoms with Crippen LogP contribution in [0, 0.1) is 0 Å². The van der Waals surface area contributed by atoms with E-state index in [-0.39, 0.29) is 13.0 Å². The Morgan fingerprint density at radius 3 is 2.43 bits per heavy atom. The summed E-state index contributed by atoms with van der Waals surface area (Å²) >= 11 is 0. The van der Waals surface area contributed by atoms with Crippen LogP contribution in [0.25, 0.3) is 0 Å². The van der Waals surface area contributed by atoms with Crippen LogP contribution >= 0.6 is 7.60 Å². The van der Waals surface area contributed by atoms with Crippen molar-refractivity contribution in [2.75, 3.05) is 12.8 Å². The molecule has 0 spiro atoms. The van der Waals surface area contributed by atoms with Gasteiger partial charge in [0, 0.05) is 12.5 Å². The fourth-order valence-corrected chi connectivity index (χ4v) is 1.25. The monoisotopic (exact) mass is 222 g/mol. The second kappa shape index (κ2) is 5.70. The van der Waals surface area contributed by atoms with Gasteiger partial charge in [-0.3, -0.25) is 9.36 Å². The lowest BCUT2D eigenvalue weighted by atomic mass is 10.3. The zero-order valence-corrected chi connectivity index (χ0v) is 8.27. The van der Waals surface area contributed by atoms with Gasteiger partial charge in [0.1, 0.15) is 11.9 Å². The van der Waals surface area contributed by atoms with Gasteiger partial charge in [0.2, 0.25) is 0 Å². The van der Waals surface area contributed by atoms with E-state index < -0.39 is 25.5 Å². The summed E-state index contributed by atoms with van der Waals surface area (Å²) in [5.74, 6) is -1.32. The van der Waals surface area contributed by atoms with Crippen molar-refractivity contribution in [2.45, 2.75) is 6.42 Å². The van der Waals surface area contributed by atoms with Gasteiger partial charge >= 0.3 is 13.6 Å². The van der Waals surface area contributed by atoms with Gasteiger partial charge in [-0.25, -0.2) is 4.79 Å². The standard InChI is InChI=1S/C7H11O6P/c1-2-7(9)13-4-3-6(8)5-14(10,11)12/h2H,1,3-5H2,(H2,10,11,12). The van der Waals surface area contributed by atoms with Crippen LogP contribution in [0.15, 0.2) is 12.7 Å². The topological polar surface area (TPSA) is 101 Å². The molecule has 0 aromatic rings. The van der Waals surface area contributed by atoms with E-state index in [1.54, 1.807) is 0 Å². The highest BCUT2D eigenvalue weighted by atomic mass is 31.2. The third-order valence-corrected chi connectivity index (χ3v) is 1.94. The maximum absolute atomic E-state index is 10.8. The van der Waals surface area contributed by atoms with Crippen molar-refractivity contribution in [1.29, 1.82) is 0 Å². The Morgan fingerprint density at radius 1 is 1.43 bits per heavy atom. The molecule has 14 heavy (non-hydrogen) atoms. The fraction of sp³-hybridized carbons (Fsp3) is 0.429. The van der Waals surface area contributed by atoms with Gasteiger partial charge in [0.05, 0.1) is 6.61 Å². The van der Waals surface area contributed by atoms with Gasteiger partial charge < -0.3 is 14.5 Å². The Balaban J connectivity index is 3.71. The largest absolute Gasteiger partial charge is 0.462 e. The molecular weight excluding hydrogens is 211 g/mol. The number of rotatable bonds is 6. The predicted octanol–water partition coefficient (Wildman–Crippen LogP) is -0.148. The third kappa shape index (κ3) is 7.67. The lowest BCUT2D eigenvalue weighted by Crippen LogP contribution is -2.11. The average Bonchev–Trinajstić information content (AvgIpc) is 2.00.